The van der Waals surface area contributed by atoms with Gasteiger partial charge in [-0.3, -0.25) is 24.2 Å². The van der Waals surface area contributed by atoms with Crippen molar-refractivity contribution >= 4 is 23.2 Å². The Balaban J connectivity index is 1.35. The van der Waals surface area contributed by atoms with Gasteiger partial charge < -0.3 is 26.2 Å². The molecule has 1 aromatic rings. The summed E-state index contributed by atoms with van der Waals surface area (Å²) in [5.41, 5.74) is 1.61. The summed E-state index contributed by atoms with van der Waals surface area (Å²) in [5, 5.41) is 45.2. The Kier molecular flexibility index (Phi) is 7.89. The van der Waals surface area contributed by atoms with Crippen molar-refractivity contribution in [3.8, 4) is 5.75 Å². The molecule has 3 saturated carbocycles. The number of phenolic OH excluding ortho intramolecular Hbond substituents is 1. The monoisotopic (exact) mass is 625 g/mol. The zero-order valence-electron chi connectivity index (χ0n) is 26.3. The Morgan fingerprint density at radius 1 is 1.04 bits per heavy atom. The number of nitrogens with zero attached hydrogens (tertiary/aromatic N) is 2. The number of halogens is 1. The second kappa shape index (κ2) is 11.2. The standard InChI is InChI=1S/C34H44FN3O7/c1-5-15-6-16-8-17(7-15)10-20(9-16)38(4)14-19-13-23(39)25-21(27(19)35)11-18-12-22-28(37(2)3)30(41)26(33(36)44)32(43)34(22,45)31(42)24(18)29(25)40/h13,15-18,20,22,28,39-40,43,45H,5-12,14H2,1-4H3,(H2,36,44)/t15?,16?,17?,18-,20?,22-,28-,34-/m0/s1. The first kappa shape index (κ1) is 31.7. The molecule has 0 saturated heterocycles. The Labute approximate surface area is 262 Å². The minimum atomic E-state index is -2.73. The normalized spacial score (nSPS) is 34.6. The van der Waals surface area contributed by atoms with Crippen LogP contribution in [0.2, 0.25) is 0 Å². The number of aromatic hydroxyl groups is 1. The Morgan fingerprint density at radius 3 is 2.27 bits per heavy atom. The van der Waals surface area contributed by atoms with E-state index >= 15 is 4.39 Å². The van der Waals surface area contributed by atoms with Crippen molar-refractivity contribution < 1.29 is 39.2 Å². The SMILES string of the molecule is CCC1CC2CC(C1)CC(N(C)Cc1cc(O)c3c(c1F)C[C@H]1C[C@H]4[C@H](N(C)C)C(=O)C(C(N)=O)=C(O)[C@@]4(O)C(=O)C1=C3O)C2. The summed E-state index contributed by atoms with van der Waals surface area (Å²) in [4.78, 5) is 43.0. The van der Waals surface area contributed by atoms with E-state index in [1.807, 2.05) is 7.05 Å². The number of nitrogens with two attached hydrogens (primary N) is 1. The molecule has 10 nitrogen and oxygen atoms in total. The van der Waals surface area contributed by atoms with Crippen LogP contribution in [0.1, 0.15) is 68.6 Å². The summed E-state index contributed by atoms with van der Waals surface area (Å²) in [7, 11) is 5.06. The topological polar surface area (TPSA) is 165 Å². The highest BCUT2D eigenvalue weighted by Gasteiger charge is 2.64. The summed E-state index contributed by atoms with van der Waals surface area (Å²) in [6.45, 7) is 2.53. The third-order valence-electron chi connectivity index (χ3n) is 11.6. The number of carbonyl (C=O) groups is 3. The van der Waals surface area contributed by atoms with Crippen LogP contribution in [0.3, 0.4) is 0 Å². The van der Waals surface area contributed by atoms with Crippen molar-refractivity contribution in [2.45, 2.75) is 82.5 Å². The van der Waals surface area contributed by atoms with Gasteiger partial charge in [-0.15, -0.1) is 0 Å². The number of benzene rings is 1. The molecule has 0 aromatic heterocycles. The summed E-state index contributed by atoms with van der Waals surface area (Å²) >= 11 is 0. The molecule has 0 heterocycles. The molecule has 2 unspecified atom stereocenters. The molecule has 1 amide bonds. The van der Waals surface area contributed by atoms with Gasteiger partial charge in [-0.05, 0) is 95.8 Å². The Morgan fingerprint density at radius 2 is 1.69 bits per heavy atom. The van der Waals surface area contributed by atoms with Crippen molar-refractivity contribution in [2.24, 2.45) is 35.3 Å². The lowest BCUT2D eigenvalue weighted by Crippen LogP contribution is -2.65. The fraction of sp³-hybridized carbons (Fsp3) is 0.618. The highest BCUT2D eigenvalue weighted by atomic mass is 19.1. The Bertz CT molecular complexity index is 1520. The number of phenols is 1. The van der Waals surface area contributed by atoms with Gasteiger partial charge >= 0.3 is 0 Å². The second-order valence-electron chi connectivity index (χ2n) is 14.4. The van der Waals surface area contributed by atoms with Crippen molar-refractivity contribution in [1.82, 2.24) is 9.80 Å². The number of rotatable bonds is 6. The first-order valence-corrected chi connectivity index (χ1v) is 16.1. The molecule has 0 radical (unpaired) electrons. The van der Waals surface area contributed by atoms with E-state index < -0.39 is 69.6 Å². The highest BCUT2D eigenvalue weighted by molar-refractivity contribution is 6.24. The maximum Gasteiger partial charge on any atom is 0.255 e. The van der Waals surface area contributed by atoms with E-state index in [4.69, 9.17) is 5.73 Å². The molecule has 11 heteroatoms. The molecule has 2 bridgehead atoms. The van der Waals surface area contributed by atoms with Crippen LogP contribution in [-0.4, -0.2) is 86.5 Å². The molecule has 5 aliphatic carbocycles. The van der Waals surface area contributed by atoms with Gasteiger partial charge in [0, 0.05) is 35.2 Å². The number of primary amides is 1. The maximum atomic E-state index is 16.3. The molecule has 6 N–H and O–H groups in total. The molecule has 3 fully saturated rings. The van der Waals surface area contributed by atoms with Crippen LogP contribution in [0.4, 0.5) is 4.39 Å². The third-order valence-corrected chi connectivity index (χ3v) is 11.6. The minimum absolute atomic E-state index is 0.0651. The number of aliphatic hydroxyl groups is 3. The van der Waals surface area contributed by atoms with Gasteiger partial charge in [0.25, 0.3) is 5.91 Å². The average molecular weight is 626 g/mol. The fourth-order valence-electron chi connectivity index (χ4n) is 9.51. The number of Topliss-reactive ketones (excluding diaryl/α,β-unsaturated/α-hetero) is 2. The van der Waals surface area contributed by atoms with Crippen molar-refractivity contribution in [3.05, 3.63) is 45.5 Å². The average Bonchev–Trinajstić information content (AvgIpc) is 2.96. The van der Waals surface area contributed by atoms with Crippen LogP contribution >= 0.6 is 0 Å². The summed E-state index contributed by atoms with van der Waals surface area (Å²) in [6, 6.07) is 0.395. The van der Waals surface area contributed by atoms with Crippen molar-refractivity contribution in [3.63, 3.8) is 0 Å². The molecule has 0 aliphatic heterocycles. The molecular formula is C34H44FN3O7. The van der Waals surface area contributed by atoms with Crippen LogP contribution in [0.5, 0.6) is 5.75 Å². The molecule has 6 rings (SSSR count). The quantitative estimate of drug-likeness (QED) is 0.299. The van der Waals surface area contributed by atoms with Crippen molar-refractivity contribution in [2.75, 3.05) is 21.1 Å². The lowest BCUT2D eigenvalue weighted by atomic mass is 9.57. The van der Waals surface area contributed by atoms with Gasteiger partial charge in [0.15, 0.2) is 11.4 Å². The van der Waals surface area contributed by atoms with E-state index in [2.05, 4.69) is 11.8 Å². The first-order valence-electron chi connectivity index (χ1n) is 16.1. The van der Waals surface area contributed by atoms with E-state index in [1.54, 1.807) is 0 Å². The first-order chi connectivity index (χ1) is 21.2. The van der Waals surface area contributed by atoms with Crippen LogP contribution < -0.4 is 5.73 Å². The van der Waals surface area contributed by atoms with Gasteiger partial charge in [0.05, 0.1) is 11.6 Å². The largest absolute Gasteiger partial charge is 0.508 e. The number of fused-ring (bicyclic) bond motifs is 5. The van der Waals surface area contributed by atoms with Crippen LogP contribution in [0.15, 0.2) is 23.0 Å². The lowest BCUT2D eigenvalue weighted by Gasteiger charge is -2.50. The summed E-state index contributed by atoms with van der Waals surface area (Å²) in [5.74, 6) is -5.93. The maximum absolute atomic E-state index is 16.3. The number of amides is 1. The molecule has 5 aliphatic rings. The van der Waals surface area contributed by atoms with E-state index in [1.165, 1.54) is 50.7 Å². The predicted molar refractivity (Wildman–Crippen MR) is 163 cm³/mol. The highest BCUT2D eigenvalue weighted by Crippen LogP contribution is 2.53. The molecule has 6 atom stereocenters. The van der Waals surface area contributed by atoms with Crippen LogP contribution in [0, 0.1) is 35.4 Å². The molecule has 244 valence electrons. The zero-order valence-corrected chi connectivity index (χ0v) is 26.3. The van der Waals surface area contributed by atoms with Crippen LogP contribution in [-0.2, 0) is 27.3 Å². The second-order valence-corrected chi connectivity index (χ2v) is 14.4. The van der Waals surface area contributed by atoms with Gasteiger partial charge in [-0.25, -0.2) is 4.39 Å². The number of aliphatic hydroxyl groups excluding tert-OH is 2. The molecule has 0 spiro atoms. The number of carbonyl (C=O) groups excluding carboxylic acids is 3. The third kappa shape index (κ3) is 4.80. The summed E-state index contributed by atoms with van der Waals surface area (Å²) < 4.78 is 16.3. The number of likely N-dealkylation sites (N-methyl/N-ethyl adjacent to an activating group) is 1. The smallest absolute Gasteiger partial charge is 0.255 e. The number of ketones is 2. The van der Waals surface area contributed by atoms with Gasteiger partial charge in [-0.2, -0.15) is 0 Å². The predicted octanol–water partition coefficient (Wildman–Crippen LogP) is 3.14. The molecule has 45 heavy (non-hydrogen) atoms. The van der Waals surface area contributed by atoms with E-state index in [9.17, 15) is 34.8 Å². The van der Waals surface area contributed by atoms with Gasteiger partial charge in [0.1, 0.15) is 28.7 Å². The Hall–Kier alpha value is -3.28. The van der Waals surface area contributed by atoms with Gasteiger partial charge in [-0.1, -0.05) is 13.3 Å². The zero-order chi connectivity index (χ0) is 32.7. The fourth-order valence-corrected chi connectivity index (χ4v) is 9.51. The number of hydrogen-bond acceptors (Lipinski definition) is 9. The molecule has 1 aromatic carbocycles. The molecular weight excluding hydrogens is 581 g/mol. The van der Waals surface area contributed by atoms with E-state index in [-0.39, 0.29) is 41.6 Å². The van der Waals surface area contributed by atoms with E-state index in [0.29, 0.717) is 17.9 Å². The minimum Gasteiger partial charge on any atom is -0.508 e. The lowest BCUT2D eigenvalue weighted by molar-refractivity contribution is -0.153. The summed E-state index contributed by atoms with van der Waals surface area (Å²) in [6.07, 6.45) is 6.93. The van der Waals surface area contributed by atoms with Crippen molar-refractivity contribution in [1.29, 1.82) is 0 Å². The van der Waals surface area contributed by atoms with Crippen LogP contribution in [0.25, 0.3) is 5.76 Å². The number of hydrogen-bond donors (Lipinski definition) is 5. The van der Waals surface area contributed by atoms with Gasteiger partial charge in [0.2, 0.25) is 5.78 Å². The van der Waals surface area contributed by atoms with E-state index in [0.717, 1.165) is 18.8 Å².